The molecule has 0 heterocycles. The van der Waals surface area contributed by atoms with Crippen molar-refractivity contribution in [2.24, 2.45) is 0 Å². The van der Waals surface area contributed by atoms with E-state index in [1.54, 1.807) is 18.2 Å². The highest BCUT2D eigenvalue weighted by molar-refractivity contribution is 5.84. The monoisotopic (exact) mass is 776 g/mol. The molecule has 3 rings (SSSR count). The maximum atomic E-state index is 12.7. The molecular formula is C36H39F11O6. The highest BCUT2D eigenvalue weighted by atomic mass is 19.4. The minimum Gasteiger partial charge on any atom is -0.482 e. The van der Waals surface area contributed by atoms with Gasteiger partial charge in [0.1, 0.15) is 12.4 Å². The minimum absolute atomic E-state index is 0.0110. The second kappa shape index (κ2) is 18.3. The van der Waals surface area contributed by atoms with Gasteiger partial charge in [0.2, 0.25) is 0 Å². The Morgan fingerprint density at radius 1 is 0.717 bits per heavy atom. The lowest BCUT2D eigenvalue weighted by Crippen LogP contribution is -2.46. The summed E-state index contributed by atoms with van der Waals surface area (Å²) in [6, 6.07) is 18.1. The molecule has 0 saturated heterocycles. The summed E-state index contributed by atoms with van der Waals surface area (Å²) >= 11 is 0. The summed E-state index contributed by atoms with van der Waals surface area (Å²) in [6.07, 6.45) is -19.5. The van der Waals surface area contributed by atoms with Crippen LogP contribution in [-0.2, 0) is 35.8 Å². The molecule has 53 heavy (non-hydrogen) atoms. The lowest BCUT2D eigenvalue weighted by atomic mass is 9.81. The first-order valence-electron chi connectivity index (χ1n) is 16.1. The Labute approximate surface area is 298 Å². The maximum Gasteiger partial charge on any atom is 0.456 e. The fourth-order valence-corrected chi connectivity index (χ4v) is 4.31. The molecule has 1 unspecified atom stereocenters. The molecule has 0 radical (unpaired) electrons. The van der Waals surface area contributed by atoms with E-state index in [1.807, 2.05) is 32.0 Å². The topological polar surface area (TPSA) is 71.1 Å². The van der Waals surface area contributed by atoms with Gasteiger partial charge >= 0.3 is 36.4 Å². The van der Waals surface area contributed by atoms with Crippen molar-refractivity contribution < 1.29 is 76.8 Å². The van der Waals surface area contributed by atoms with E-state index in [2.05, 4.69) is 42.4 Å². The van der Waals surface area contributed by atoms with Crippen molar-refractivity contribution in [2.45, 2.75) is 96.0 Å². The van der Waals surface area contributed by atoms with Crippen LogP contribution >= 0.6 is 0 Å². The van der Waals surface area contributed by atoms with Gasteiger partial charge < -0.3 is 18.9 Å². The zero-order chi connectivity index (χ0) is 40.4. The van der Waals surface area contributed by atoms with Crippen LogP contribution < -0.4 is 4.74 Å². The smallest absolute Gasteiger partial charge is 0.456 e. The minimum atomic E-state index is -5.77. The molecule has 3 aromatic carbocycles. The molecule has 0 saturated carbocycles. The molecule has 0 aliphatic heterocycles. The number of ether oxygens (including phenoxy) is 4. The normalized spacial score (nSPS) is 13.3. The summed E-state index contributed by atoms with van der Waals surface area (Å²) in [6.45, 7) is 6.57. The largest absolute Gasteiger partial charge is 0.482 e. The Kier molecular flexibility index (Phi) is 15.5. The highest BCUT2D eigenvalue weighted by Crippen LogP contribution is 2.37. The van der Waals surface area contributed by atoms with E-state index in [9.17, 15) is 57.9 Å². The zero-order valence-electron chi connectivity index (χ0n) is 29.3. The first-order chi connectivity index (χ1) is 24.3. The van der Waals surface area contributed by atoms with E-state index < -0.39 is 62.3 Å². The quantitative estimate of drug-likeness (QED) is 0.120. The van der Waals surface area contributed by atoms with Crippen LogP contribution in [0.2, 0.25) is 0 Å². The van der Waals surface area contributed by atoms with Crippen LogP contribution in [0.25, 0.3) is 10.8 Å². The van der Waals surface area contributed by atoms with Crippen molar-refractivity contribution in [1.29, 1.82) is 0 Å². The van der Waals surface area contributed by atoms with Gasteiger partial charge in [0, 0.05) is 0 Å². The SMILES string of the molecule is CCC(C)(C)c1ccc2cc(COCC(=O)OCC(F)(F)C(F)(F)F)ccc2c1.CCC(C)c1ccc(OCC(=O)OC(C(F)(F)F)C(F)(F)F)cc1. The zero-order valence-corrected chi connectivity index (χ0v) is 29.3. The number of halogens is 11. The van der Waals surface area contributed by atoms with Gasteiger partial charge in [0.25, 0.3) is 6.10 Å². The van der Waals surface area contributed by atoms with Crippen LogP contribution in [0.5, 0.6) is 5.75 Å². The number of carbonyl (C=O) groups is 2. The number of hydrogen-bond acceptors (Lipinski definition) is 6. The number of hydrogen-bond donors (Lipinski definition) is 0. The highest BCUT2D eigenvalue weighted by Gasteiger charge is 2.60. The van der Waals surface area contributed by atoms with Gasteiger partial charge in [-0.05, 0) is 69.8 Å². The van der Waals surface area contributed by atoms with E-state index in [0.717, 1.165) is 34.7 Å². The average Bonchev–Trinajstić information content (AvgIpc) is 3.07. The third kappa shape index (κ3) is 14.0. The summed E-state index contributed by atoms with van der Waals surface area (Å²) < 4.78 is 152. The van der Waals surface area contributed by atoms with Crippen LogP contribution in [0.3, 0.4) is 0 Å². The number of benzene rings is 3. The molecule has 0 spiro atoms. The second-order valence-electron chi connectivity index (χ2n) is 12.6. The van der Waals surface area contributed by atoms with E-state index in [4.69, 9.17) is 9.47 Å². The molecule has 3 aromatic rings. The molecule has 0 fully saturated rings. The fraction of sp³-hybridized carbons (Fsp3) is 0.500. The van der Waals surface area contributed by atoms with Crippen LogP contribution in [0, 0.1) is 0 Å². The van der Waals surface area contributed by atoms with Crippen molar-refractivity contribution in [3.8, 4) is 5.75 Å². The second-order valence-corrected chi connectivity index (χ2v) is 12.6. The van der Waals surface area contributed by atoms with Crippen molar-refractivity contribution in [3.63, 3.8) is 0 Å². The van der Waals surface area contributed by atoms with Gasteiger partial charge in [-0.2, -0.15) is 48.3 Å². The molecule has 296 valence electrons. The van der Waals surface area contributed by atoms with Crippen molar-refractivity contribution in [3.05, 3.63) is 77.4 Å². The maximum absolute atomic E-state index is 12.7. The van der Waals surface area contributed by atoms with E-state index in [1.165, 1.54) is 17.7 Å². The van der Waals surface area contributed by atoms with Crippen LogP contribution in [0.15, 0.2) is 60.7 Å². The lowest BCUT2D eigenvalue weighted by Gasteiger charge is -2.23. The third-order valence-electron chi connectivity index (χ3n) is 8.15. The molecule has 0 N–H and O–H groups in total. The van der Waals surface area contributed by atoms with Crippen LogP contribution in [0.4, 0.5) is 48.3 Å². The Bertz CT molecular complexity index is 1620. The summed E-state index contributed by atoms with van der Waals surface area (Å²) in [5.74, 6) is -7.73. The Balaban J connectivity index is 0.000000374. The molecule has 0 aliphatic carbocycles. The van der Waals surface area contributed by atoms with Gasteiger partial charge in [0.15, 0.2) is 13.2 Å². The summed E-state index contributed by atoms with van der Waals surface area (Å²) in [5.41, 5.74) is 2.99. The summed E-state index contributed by atoms with van der Waals surface area (Å²) in [4.78, 5) is 22.5. The average molecular weight is 777 g/mol. The summed E-state index contributed by atoms with van der Waals surface area (Å²) in [7, 11) is 0. The number of esters is 2. The first-order valence-corrected chi connectivity index (χ1v) is 16.1. The van der Waals surface area contributed by atoms with E-state index in [-0.39, 0.29) is 23.7 Å². The number of alkyl halides is 11. The molecule has 1 atom stereocenters. The van der Waals surface area contributed by atoms with Gasteiger partial charge in [-0.3, -0.25) is 0 Å². The third-order valence-corrected chi connectivity index (χ3v) is 8.15. The molecule has 0 aliphatic rings. The number of rotatable bonds is 14. The summed E-state index contributed by atoms with van der Waals surface area (Å²) in [5, 5.41) is 2.01. The Morgan fingerprint density at radius 3 is 1.81 bits per heavy atom. The van der Waals surface area contributed by atoms with Crippen molar-refractivity contribution >= 4 is 22.7 Å². The first kappa shape index (κ1) is 45.0. The van der Waals surface area contributed by atoms with Gasteiger partial charge in [-0.25, -0.2) is 9.59 Å². The van der Waals surface area contributed by atoms with E-state index in [0.29, 0.717) is 0 Å². The molecule has 17 heteroatoms. The Morgan fingerprint density at radius 2 is 1.28 bits per heavy atom. The molecular weight excluding hydrogens is 737 g/mol. The standard InChI is InChI=1S/C21H23F5O3.C15H16F6O3/c1-4-19(2,3)17-8-7-15-9-14(5-6-16(15)10-17)11-28-12-18(27)29-13-20(22,23)21(24,25)26;1-3-9(2)10-4-6-11(7-5-10)23-8-12(22)24-13(14(16,17)18)15(19,20)21/h5-10H,4,11-13H2,1-3H3;4-7,9,13H,3,8H2,1-2H3. The van der Waals surface area contributed by atoms with E-state index >= 15 is 0 Å². The number of carbonyl (C=O) groups excluding carboxylic acids is 2. The van der Waals surface area contributed by atoms with Gasteiger partial charge in [-0.15, -0.1) is 0 Å². The predicted molar refractivity (Wildman–Crippen MR) is 172 cm³/mol. The number of fused-ring (bicyclic) bond motifs is 1. The van der Waals surface area contributed by atoms with Crippen molar-refractivity contribution in [1.82, 2.24) is 0 Å². The fourth-order valence-electron chi connectivity index (χ4n) is 4.31. The van der Waals surface area contributed by atoms with Crippen molar-refractivity contribution in [2.75, 3.05) is 19.8 Å². The molecule has 0 amide bonds. The van der Waals surface area contributed by atoms with Gasteiger partial charge in [0.05, 0.1) is 6.61 Å². The van der Waals surface area contributed by atoms with Gasteiger partial charge in [-0.1, -0.05) is 77.1 Å². The lowest BCUT2D eigenvalue weighted by molar-refractivity contribution is -0.313. The Hall–Kier alpha value is -4.15. The molecule has 0 bridgehead atoms. The molecule has 0 aromatic heterocycles. The van der Waals surface area contributed by atoms with Crippen LogP contribution in [0.1, 0.15) is 70.1 Å². The van der Waals surface area contributed by atoms with Crippen LogP contribution in [-0.4, -0.2) is 62.3 Å². The molecule has 6 nitrogen and oxygen atoms in total. The predicted octanol–water partition coefficient (Wildman–Crippen LogP) is 10.4.